The fourth-order valence-electron chi connectivity index (χ4n) is 1.56. The molecule has 1 N–H and O–H groups in total. The number of nitro groups is 1. The van der Waals surface area contributed by atoms with Gasteiger partial charge in [0.1, 0.15) is 12.2 Å². The molecule has 1 aromatic rings. The van der Waals surface area contributed by atoms with E-state index in [0.29, 0.717) is 0 Å². The van der Waals surface area contributed by atoms with E-state index in [1.807, 2.05) is 0 Å². The summed E-state index contributed by atoms with van der Waals surface area (Å²) in [6.45, 7) is 3.75. The number of hydrogen-bond acceptors (Lipinski definition) is 6. The number of para-hydroxylation sites is 1. The molecule has 0 heterocycles. The van der Waals surface area contributed by atoms with Crippen molar-refractivity contribution in [2.24, 2.45) is 0 Å². The summed E-state index contributed by atoms with van der Waals surface area (Å²) in [6, 6.07) is 5.73. The van der Waals surface area contributed by atoms with Crippen LogP contribution in [0.15, 0.2) is 29.8 Å². The number of nitro benzene ring substituents is 1. The second kappa shape index (κ2) is 6.95. The van der Waals surface area contributed by atoms with E-state index in [0.717, 1.165) is 13.0 Å². The molecule has 0 saturated heterocycles. The molecule has 0 unspecified atom stereocenters. The van der Waals surface area contributed by atoms with Gasteiger partial charge in [-0.15, -0.1) is 0 Å². The summed E-state index contributed by atoms with van der Waals surface area (Å²) in [7, 11) is 0. The standard InChI is InChI=1S/C15H17NO6/c1-10(17)12(14(18)22-9-15(2,3)19)8-11-6-4-5-7-13(11)16(20)21/h4-8,19H,9H2,1-3H3/b12-8-. The fraction of sp³-hybridized carbons (Fsp3) is 0.333. The highest BCUT2D eigenvalue weighted by Gasteiger charge is 2.22. The van der Waals surface area contributed by atoms with Crippen LogP contribution in [0.1, 0.15) is 26.3 Å². The number of Topliss-reactive ketones (excluding diaryl/α,β-unsaturated/α-hetero) is 1. The zero-order valence-corrected chi connectivity index (χ0v) is 12.5. The van der Waals surface area contributed by atoms with E-state index in [1.54, 1.807) is 6.07 Å². The van der Waals surface area contributed by atoms with Crippen molar-refractivity contribution in [2.75, 3.05) is 6.61 Å². The molecule has 22 heavy (non-hydrogen) atoms. The molecule has 0 saturated carbocycles. The van der Waals surface area contributed by atoms with Gasteiger partial charge in [0, 0.05) is 6.07 Å². The molecule has 0 aromatic heterocycles. The Labute approximate surface area is 127 Å². The summed E-state index contributed by atoms with van der Waals surface area (Å²) in [6.07, 6.45) is 1.12. The van der Waals surface area contributed by atoms with E-state index in [4.69, 9.17) is 4.74 Å². The average Bonchev–Trinajstić information content (AvgIpc) is 2.41. The van der Waals surface area contributed by atoms with E-state index < -0.39 is 22.3 Å². The molecule has 1 aromatic carbocycles. The topological polar surface area (TPSA) is 107 Å². The van der Waals surface area contributed by atoms with Crippen molar-refractivity contribution < 1.29 is 24.4 Å². The maximum absolute atomic E-state index is 11.9. The third kappa shape index (κ3) is 5.10. The van der Waals surface area contributed by atoms with Crippen molar-refractivity contribution in [3.63, 3.8) is 0 Å². The summed E-state index contributed by atoms with van der Waals surface area (Å²) in [4.78, 5) is 33.9. The van der Waals surface area contributed by atoms with Gasteiger partial charge in [-0.1, -0.05) is 12.1 Å². The molecule has 0 aliphatic rings. The van der Waals surface area contributed by atoms with Gasteiger partial charge < -0.3 is 9.84 Å². The van der Waals surface area contributed by atoms with Gasteiger partial charge in [0.25, 0.3) is 5.69 Å². The second-order valence-corrected chi connectivity index (χ2v) is 5.32. The molecule has 0 aliphatic heterocycles. The molecule has 7 heteroatoms. The van der Waals surface area contributed by atoms with Crippen LogP contribution in [-0.2, 0) is 14.3 Å². The number of rotatable bonds is 6. The molecule has 0 amide bonds. The maximum atomic E-state index is 11.9. The minimum atomic E-state index is -1.24. The lowest BCUT2D eigenvalue weighted by Crippen LogP contribution is -2.29. The Morgan fingerprint density at radius 3 is 2.45 bits per heavy atom. The smallest absolute Gasteiger partial charge is 0.341 e. The molecule has 1 rings (SSSR count). The average molecular weight is 307 g/mol. The van der Waals surface area contributed by atoms with E-state index >= 15 is 0 Å². The number of hydrogen-bond donors (Lipinski definition) is 1. The molecular weight excluding hydrogens is 290 g/mol. The molecule has 7 nitrogen and oxygen atoms in total. The first-order chi connectivity index (χ1) is 10.1. The number of benzene rings is 1. The number of esters is 1. The third-order valence-corrected chi connectivity index (χ3v) is 2.59. The Morgan fingerprint density at radius 1 is 1.36 bits per heavy atom. The van der Waals surface area contributed by atoms with E-state index in [-0.39, 0.29) is 23.4 Å². The first-order valence-corrected chi connectivity index (χ1v) is 6.47. The lowest BCUT2D eigenvalue weighted by molar-refractivity contribution is -0.385. The summed E-state index contributed by atoms with van der Waals surface area (Å²) < 4.78 is 4.85. The van der Waals surface area contributed by atoms with Gasteiger partial charge in [-0.3, -0.25) is 14.9 Å². The Bertz CT molecular complexity index is 627. The molecule has 0 spiro atoms. The number of aliphatic hydroxyl groups is 1. The molecule has 0 atom stereocenters. The molecule has 0 radical (unpaired) electrons. The number of carbonyl (C=O) groups excluding carboxylic acids is 2. The summed E-state index contributed by atoms with van der Waals surface area (Å²) in [5, 5.41) is 20.5. The van der Waals surface area contributed by atoms with Crippen LogP contribution < -0.4 is 0 Å². The van der Waals surface area contributed by atoms with Crippen LogP contribution in [0.25, 0.3) is 6.08 Å². The number of nitrogens with zero attached hydrogens (tertiary/aromatic N) is 1. The first-order valence-electron chi connectivity index (χ1n) is 6.47. The Morgan fingerprint density at radius 2 is 1.95 bits per heavy atom. The highest BCUT2D eigenvalue weighted by atomic mass is 16.6. The van der Waals surface area contributed by atoms with Gasteiger partial charge in [0.05, 0.1) is 16.1 Å². The van der Waals surface area contributed by atoms with Crippen LogP contribution in [0.4, 0.5) is 5.69 Å². The highest BCUT2D eigenvalue weighted by Crippen LogP contribution is 2.21. The largest absolute Gasteiger partial charge is 0.459 e. The van der Waals surface area contributed by atoms with Gasteiger partial charge in [-0.05, 0) is 32.9 Å². The van der Waals surface area contributed by atoms with Crippen molar-refractivity contribution in [2.45, 2.75) is 26.4 Å². The lowest BCUT2D eigenvalue weighted by atomic mass is 10.1. The Balaban J connectivity index is 3.13. The summed E-state index contributed by atoms with van der Waals surface area (Å²) in [5.41, 5.74) is -1.66. The molecule has 0 aliphatic carbocycles. The number of ether oxygens (including phenoxy) is 1. The fourth-order valence-corrected chi connectivity index (χ4v) is 1.56. The highest BCUT2D eigenvalue weighted by molar-refractivity contribution is 6.20. The summed E-state index contributed by atoms with van der Waals surface area (Å²) >= 11 is 0. The van der Waals surface area contributed by atoms with Gasteiger partial charge in [0.2, 0.25) is 0 Å². The maximum Gasteiger partial charge on any atom is 0.341 e. The predicted molar refractivity (Wildman–Crippen MR) is 79.0 cm³/mol. The van der Waals surface area contributed by atoms with Crippen molar-refractivity contribution in [3.05, 3.63) is 45.5 Å². The molecule has 0 fully saturated rings. The van der Waals surface area contributed by atoms with Crippen LogP contribution >= 0.6 is 0 Å². The summed E-state index contributed by atoms with van der Waals surface area (Å²) in [5.74, 6) is -1.52. The van der Waals surface area contributed by atoms with Gasteiger partial charge in [-0.2, -0.15) is 0 Å². The van der Waals surface area contributed by atoms with Crippen LogP contribution in [0.5, 0.6) is 0 Å². The molecule has 0 bridgehead atoms. The van der Waals surface area contributed by atoms with Crippen molar-refractivity contribution in [1.82, 2.24) is 0 Å². The van der Waals surface area contributed by atoms with Crippen LogP contribution in [0, 0.1) is 10.1 Å². The van der Waals surface area contributed by atoms with Crippen molar-refractivity contribution >= 4 is 23.5 Å². The van der Waals surface area contributed by atoms with E-state index in [2.05, 4.69) is 0 Å². The predicted octanol–water partition coefficient (Wildman–Crippen LogP) is 1.88. The zero-order chi connectivity index (χ0) is 16.9. The van der Waals surface area contributed by atoms with Crippen LogP contribution in [-0.4, -0.2) is 34.0 Å². The minimum absolute atomic E-state index is 0.123. The Kier molecular flexibility index (Phi) is 5.53. The van der Waals surface area contributed by atoms with E-state index in [9.17, 15) is 24.8 Å². The quantitative estimate of drug-likeness (QED) is 0.215. The molecule has 118 valence electrons. The number of carbonyl (C=O) groups is 2. The van der Waals surface area contributed by atoms with Crippen LogP contribution in [0.2, 0.25) is 0 Å². The van der Waals surface area contributed by atoms with Gasteiger partial charge >= 0.3 is 5.97 Å². The number of ketones is 1. The third-order valence-electron chi connectivity index (χ3n) is 2.59. The van der Waals surface area contributed by atoms with E-state index in [1.165, 1.54) is 32.0 Å². The first kappa shape index (κ1) is 17.5. The Hall–Kier alpha value is -2.54. The monoisotopic (exact) mass is 307 g/mol. The molecular formula is C15H17NO6. The second-order valence-electron chi connectivity index (χ2n) is 5.32. The van der Waals surface area contributed by atoms with Crippen molar-refractivity contribution in [3.8, 4) is 0 Å². The zero-order valence-electron chi connectivity index (χ0n) is 12.5. The lowest BCUT2D eigenvalue weighted by Gasteiger charge is -2.17. The van der Waals surface area contributed by atoms with Gasteiger partial charge in [0.15, 0.2) is 5.78 Å². The normalized spacial score (nSPS) is 11.9. The minimum Gasteiger partial charge on any atom is -0.459 e. The van der Waals surface area contributed by atoms with Gasteiger partial charge in [-0.25, -0.2) is 4.79 Å². The SMILES string of the molecule is CC(=O)/C(=C/c1ccccc1[N+](=O)[O-])C(=O)OCC(C)(C)O. The van der Waals surface area contributed by atoms with Crippen molar-refractivity contribution in [1.29, 1.82) is 0 Å². The van der Waals surface area contributed by atoms with Crippen LogP contribution in [0.3, 0.4) is 0 Å².